The first-order valence-corrected chi connectivity index (χ1v) is 17.7. The SMILES string of the molecule is C/C(=C\C=C\C(C)c1cc(C)ccn1)[C@H]1OC(=O)C[C@@H](O)CC[C@](C)(O)[C@H](OC(=O)N2CCN(C3CCCCCC3)CC2)/C=C/[C@@H]1C. The van der Waals surface area contributed by atoms with Crippen LogP contribution >= 0.6 is 0 Å². The van der Waals surface area contributed by atoms with Crippen molar-refractivity contribution in [2.75, 3.05) is 26.2 Å². The second-order valence-electron chi connectivity index (χ2n) is 14.2. The Morgan fingerprint density at radius 2 is 1.83 bits per heavy atom. The third-order valence-electron chi connectivity index (χ3n) is 10.1. The van der Waals surface area contributed by atoms with E-state index in [1.807, 2.05) is 51.3 Å². The van der Waals surface area contributed by atoms with Crippen molar-refractivity contribution in [1.82, 2.24) is 14.8 Å². The number of cyclic esters (lactones) is 1. The number of aryl methyl sites for hydroxylation is 1. The molecule has 9 nitrogen and oxygen atoms in total. The number of pyridine rings is 1. The summed E-state index contributed by atoms with van der Waals surface area (Å²) in [5.41, 5.74) is 1.51. The molecule has 4 rings (SSSR count). The van der Waals surface area contributed by atoms with Crippen molar-refractivity contribution in [2.24, 2.45) is 5.92 Å². The van der Waals surface area contributed by atoms with E-state index in [4.69, 9.17) is 9.47 Å². The van der Waals surface area contributed by atoms with Crippen LogP contribution in [0.5, 0.6) is 0 Å². The summed E-state index contributed by atoms with van der Waals surface area (Å²) in [6, 6.07) is 4.63. The molecule has 2 N–H and O–H groups in total. The number of carbonyl (C=O) groups is 2. The molecule has 1 aliphatic carbocycles. The molecule has 1 aromatic rings. The number of aliphatic hydroxyl groups excluding tert-OH is 1. The Kier molecular flexibility index (Phi) is 13.6. The van der Waals surface area contributed by atoms with Gasteiger partial charge in [0.25, 0.3) is 0 Å². The van der Waals surface area contributed by atoms with Crippen molar-refractivity contribution >= 4 is 12.1 Å². The highest BCUT2D eigenvalue weighted by molar-refractivity contribution is 5.70. The zero-order chi connectivity index (χ0) is 34.0. The van der Waals surface area contributed by atoms with Crippen LogP contribution in [0.2, 0.25) is 0 Å². The standard InChI is InChI=1S/C38H57N3O6/c1-27-18-20-39-33(25-27)28(2)11-10-12-29(3)36-30(4)15-16-34(38(5,45)19-17-32(42)26-35(43)47-36)46-37(44)41-23-21-40(22-24-41)31-13-8-6-7-9-14-31/h10-12,15-16,18,20,25,28,30-32,34,36,42,45H,6-9,13-14,17,19,21-24,26H2,1-5H3/b11-10+,16-15+,29-12+/t28?,30-,32-,34+,36+,38-/m0/s1. The molecule has 0 radical (unpaired) electrons. The molecule has 6 atom stereocenters. The van der Waals surface area contributed by atoms with Gasteiger partial charge in [0.05, 0.1) is 12.5 Å². The summed E-state index contributed by atoms with van der Waals surface area (Å²) >= 11 is 0. The van der Waals surface area contributed by atoms with Gasteiger partial charge in [-0.25, -0.2) is 4.79 Å². The van der Waals surface area contributed by atoms with Gasteiger partial charge in [-0.3, -0.25) is 14.7 Å². The monoisotopic (exact) mass is 651 g/mol. The fourth-order valence-corrected chi connectivity index (χ4v) is 6.90. The number of aromatic nitrogens is 1. The summed E-state index contributed by atoms with van der Waals surface area (Å²) in [7, 11) is 0. The van der Waals surface area contributed by atoms with Gasteiger partial charge in [0.15, 0.2) is 6.10 Å². The highest BCUT2D eigenvalue weighted by Gasteiger charge is 2.37. The molecular weight excluding hydrogens is 594 g/mol. The summed E-state index contributed by atoms with van der Waals surface area (Å²) in [6.45, 7) is 12.4. The Morgan fingerprint density at radius 1 is 1.13 bits per heavy atom. The van der Waals surface area contributed by atoms with Gasteiger partial charge in [0.2, 0.25) is 0 Å². The Labute approximate surface area is 281 Å². The molecule has 1 unspecified atom stereocenters. The van der Waals surface area contributed by atoms with Crippen molar-refractivity contribution in [3.05, 3.63) is 65.5 Å². The summed E-state index contributed by atoms with van der Waals surface area (Å²) in [5.74, 6) is -0.693. The van der Waals surface area contributed by atoms with Crippen LogP contribution in [-0.4, -0.2) is 93.2 Å². The molecule has 3 heterocycles. The number of hydrogen-bond acceptors (Lipinski definition) is 8. The van der Waals surface area contributed by atoms with E-state index in [2.05, 4.69) is 29.0 Å². The number of esters is 1. The Bertz CT molecular complexity index is 1260. The Balaban J connectivity index is 1.46. The second-order valence-corrected chi connectivity index (χ2v) is 14.2. The fraction of sp³-hybridized carbons (Fsp3) is 0.658. The molecule has 0 bridgehead atoms. The quantitative estimate of drug-likeness (QED) is 0.161. The highest BCUT2D eigenvalue weighted by atomic mass is 16.6. The van der Waals surface area contributed by atoms with Gasteiger partial charge in [-0.05, 0) is 75.8 Å². The Morgan fingerprint density at radius 3 is 2.51 bits per heavy atom. The first-order valence-electron chi connectivity index (χ1n) is 17.7. The van der Waals surface area contributed by atoms with Crippen molar-refractivity contribution < 1.29 is 29.3 Å². The molecule has 260 valence electrons. The van der Waals surface area contributed by atoms with Crippen LogP contribution in [0.1, 0.15) is 103 Å². The van der Waals surface area contributed by atoms with Gasteiger partial charge >= 0.3 is 12.1 Å². The topological polar surface area (TPSA) is 112 Å². The van der Waals surface area contributed by atoms with Crippen LogP contribution in [0, 0.1) is 12.8 Å². The number of piperazine rings is 1. The minimum atomic E-state index is -1.44. The van der Waals surface area contributed by atoms with Crippen molar-refractivity contribution in [1.29, 1.82) is 0 Å². The number of ether oxygens (including phenoxy) is 2. The number of hydrogen-bond donors (Lipinski definition) is 2. The highest BCUT2D eigenvalue weighted by Crippen LogP contribution is 2.28. The summed E-state index contributed by atoms with van der Waals surface area (Å²) in [5, 5.41) is 22.2. The van der Waals surface area contributed by atoms with Gasteiger partial charge < -0.3 is 24.6 Å². The third kappa shape index (κ3) is 11.0. The minimum absolute atomic E-state index is 0.0998. The summed E-state index contributed by atoms with van der Waals surface area (Å²) in [4.78, 5) is 35.0. The van der Waals surface area contributed by atoms with E-state index in [9.17, 15) is 19.8 Å². The van der Waals surface area contributed by atoms with Crippen LogP contribution in [0.25, 0.3) is 0 Å². The lowest BCUT2D eigenvalue weighted by atomic mass is 9.88. The normalized spacial score (nSPS) is 30.9. The van der Waals surface area contributed by atoms with Crippen molar-refractivity contribution in [3.63, 3.8) is 0 Å². The molecule has 1 aromatic heterocycles. The zero-order valence-electron chi connectivity index (χ0n) is 29.1. The molecule has 0 spiro atoms. The summed E-state index contributed by atoms with van der Waals surface area (Å²) < 4.78 is 11.9. The Hall–Kier alpha value is -3.01. The second kappa shape index (κ2) is 17.4. The molecule has 1 amide bonds. The molecule has 1 saturated heterocycles. The van der Waals surface area contributed by atoms with E-state index in [0.29, 0.717) is 19.1 Å². The maximum Gasteiger partial charge on any atom is 0.410 e. The lowest BCUT2D eigenvalue weighted by Gasteiger charge is -2.40. The molecule has 9 heteroatoms. The average molecular weight is 652 g/mol. The zero-order valence-corrected chi connectivity index (χ0v) is 29.1. The van der Waals surface area contributed by atoms with Gasteiger partial charge in [0.1, 0.15) is 11.7 Å². The number of amides is 1. The lowest BCUT2D eigenvalue weighted by molar-refractivity contribution is -0.151. The van der Waals surface area contributed by atoms with Gasteiger partial charge in [-0.1, -0.05) is 63.8 Å². The molecule has 47 heavy (non-hydrogen) atoms. The van der Waals surface area contributed by atoms with Crippen molar-refractivity contribution in [3.8, 4) is 0 Å². The first kappa shape index (κ1) is 36.8. The van der Waals surface area contributed by atoms with Gasteiger partial charge in [-0.15, -0.1) is 0 Å². The van der Waals surface area contributed by atoms with Crippen LogP contribution < -0.4 is 0 Å². The van der Waals surface area contributed by atoms with E-state index >= 15 is 0 Å². The maximum absolute atomic E-state index is 13.4. The molecule has 1 saturated carbocycles. The smallest absolute Gasteiger partial charge is 0.410 e. The van der Waals surface area contributed by atoms with E-state index in [-0.39, 0.29) is 31.1 Å². The summed E-state index contributed by atoms with van der Waals surface area (Å²) in [6.07, 6.45) is 16.1. The predicted octanol–water partition coefficient (Wildman–Crippen LogP) is 6.24. The van der Waals surface area contributed by atoms with E-state index in [1.54, 1.807) is 17.9 Å². The lowest BCUT2D eigenvalue weighted by Crippen LogP contribution is -2.53. The number of rotatable bonds is 6. The molecule has 2 fully saturated rings. The van der Waals surface area contributed by atoms with Gasteiger partial charge in [-0.2, -0.15) is 0 Å². The predicted molar refractivity (Wildman–Crippen MR) is 184 cm³/mol. The van der Waals surface area contributed by atoms with Crippen LogP contribution in [0.15, 0.2) is 54.3 Å². The van der Waals surface area contributed by atoms with Crippen LogP contribution in [0.4, 0.5) is 4.79 Å². The van der Waals surface area contributed by atoms with E-state index in [0.717, 1.165) is 29.9 Å². The minimum Gasteiger partial charge on any atom is -0.457 e. The van der Waals surface area contributed by atoms with E-state index < -0.39 is 36.0 Å². The first-order chi connectivity index (χ1) is 22.4. The van der Waals surface area contributed by atoms with Crippen LogP contribution in [0.3, 0.4) is 0 Å². The molecule has 0 aromatic carbocycles. The molecule has 2 aliphatic heterocycles. The molecular formula is C38H57N3O6. The number of aliphatic hydroxyl groups is 2. The number of allylic oxidation sites excluding steroid dienone is 3. The maximum atomic E-state index is 13.4. The average Bonchev–Trinajstić information content (AvgIpc) is 3.34. The number of carbonyl (C=O) groups excluding carboxylic acids is 2. The number of nitrogens with zero attached hydrogens (tertiary/aromatic N) is 3. The molecule has 3 aliphatic rings. The largest absolute Gasteiger partial charge is 0.457 e. The van der Waals surface area contributed by atoms with E-state index in [1.165, 1.54) is 38.5 Å². The van der Waals surface area contributed by atoms with Gasteiger partial charge in [0, 0.05) is 55.9 Å². The van der Waals surface area contributed by atoms with Crippen LogP contribution in [-0.2, 0) is 14.3 Å². The van der Waals surface area contributed by atoms with Crippen molar-refractivity contribution in [2.45, 2.75) is 128 Å². The third-order valence-corrected chi connectivity index (χ3v) is 10.1. The fourth-order valence-electron chi connectivity index (χ4n) is 6.90.